The first-order valence-electron chi connectivity index (χ1n) is 8.54. The van der Waals surface area contributed by atoms with E-state index in [1.54, 1.807) is 19.1 Å². The van der Waals surface area contributed by atoms with Crippen molar-refractivity contribution >= 4 is 23.4 Å². The highest BCUT2D eigenvalue weighted by atomic mass is 35.5. The van der Waals surface area contributed by atoms with Gasteiger partial charge in [0, 0.05) is 30.4 Å². The number of halogens is 2. The number of hydrogen-bond donors (Lipinski definition) is 2. The molecule has 0 aliphatic rings. The van der Waals surface area contributed by atoms with Gasteiger partial charge in [-0.05, 0) is 38.1 Å². The standard InChI is InChI=1S/C20H21ClFN3O3/c1-12-4-6-16(14(3)24-12)20(27)23-9-8-13(2)25-19(26)11-28-15-5-7-17(21)18(22)10-15/h4-7,10H,2,8-9,11H2,1,3H3,(H,23,27)(H,25,26). The van der Waals surface area contributed by atoms with E-state index in [1.807, 2.05) is 6.92 Å². The molecule has 6 nitrogen and oxygen atoms in total. The molecule has 28 heavy (non-hydrogen) atoms. The summed E-state index contributed by atoms with van der Waals surface area (Å²) in [5.74, 6) is -1.11. The van der Waals surface area contributed by atoms with Crippen LogP contribution in [0.5, 0.6) is 5.75 Å². The summed E-state index contributed by atoms with van der Waals surface area (Å²) in [5.41, 5.74) is 2.42. The molecule has 0 atom stereocenters. The van der Waals surface area contributed by atoms with E-state index in [4.69, 9.17) is 16.3 Å². The molecule has 1 heterocycles. The van der Waals surface area contributed by atoms with Crippen LogP contribution in [0.25, 0.3) is 0 Å². The number of aromatic nitrogens is 1. The maximum Gasteiger partial charge on any atom is 0.262 e. The summed E-state index contributed by atoms with van der Waals surface area (Å²) in [6, 6.07) is 7.40. The molecule has 2 amide bonds. The fourth-order valence-electron chi connectivity index (χ4n) is 2.36. The highest BCUT2D eigenvalue weighted by Crippen LogP contribution is 2.20. The molecule has 0 bridgehead atoms. The zero-order valence-electron chi connectivity index (χ0n) is 15.6. The molecule has 1 aromatic heterocycles. The monoisotopic (exact) mass is 405 g/mol. The summed E-state index contributed by atoms with van der Waals surface area (Å²) in [7, 11) is 0. The number of hydrogen-bond acceptors (Lipinski definition) is 4. The number of aryl methyl sites for hydroxylation is 2. The Hall–Kier alpha value is -2.93. The summed E-state index contributed by atoms with van der Waals surface area (Å²) in [6.45, 7) is 7.37. The molecular formula is C20H21ClFN3O3. The molecule has 2 rings (SSSR count). The normalized spacial score (nSPS) is 10.3. The summed E-state index contributed by atoms with van der Waals surface area (Å²) in [4.78, 5) is 28.3. The molecule has 0 radical (unpaired) electrons. The number of benzene rings is 1. The smallest absolute Gasteiger partial charge is 0.262 e. The number of rotatable bonds is 8. The molecule has 0 fully saturated rings. The highest BCUT2D eigenvalue weighted by molar-refractivity contribution is 6.30. The van der Waals surface area contributed by atoms with Crippen LogP contribution in [0.1, 0.15) is 28.2 Å². The quantitative estimate of drug-likeness (QED) is 0.706. The summed E-state index contributed by atoms with van der Waals surface area (Å²) < 4.78 is 18.5. The van der Waals surface area contributed by atoms with Crippen LogP contribution in [0.4, 0.5) is 4.39 Å². The molecule has 0 unspecified atom stereocenters. The minimum absolute atomic E-state index is 0.0242. The Kier molecular flexibility index (Phi) is 7.52. The molecule has 0 saturated carbocycles. The third kappa shape index (κ3) is 6.35. The van der Waals surface area contributed by atoms with Crippen LogP contribution in [0, 0.1) is 19.7 Å². The highest BCUT2D eigenvalue weighted by Gasteiger charge is 2.10. The van der Waals surface area contributed by atoms with Gasteiger partial charge in [-0.3, -0.25) is 14.6 Å². The first-order valence-corrected chi connectivity index (χ1v) is 8.92. The van der Waals surface area contributed by atoms with Crippen molar-refractivity contribution in [3.05, 3.63) is 70.4 Å². The average Bonchev–Trinajstić information content (AvgIpc) is 2.62. The number of amides is 2. The predicted molar refractivity (Wildman–Crippen MR) is 105 cm³/mol. The van der Waals surface area contributed by atoms with Crippen molar-refractivity contribution in [1.29, 1.82) is 0 Å². The van der Waals surface area contributed by atoms with Gasteiger partial charge < -0.3 is 15.4 Å². The van der Waals surface area contributed by atoms with Crippen LogP contribution in [0.3, 0.4) is 0 Å². The molecule has 0 aliphatic heterocycles. The van der Waals surface area contributed by atoms with Gasteiger partial charge in [-0.1, -0.05) is 18.2 Å². The number of pyridine rings is 1. The predicted octanol–water partition coefficient (Wildman–Crippen LogP) is 3.32. The minimum atomic E-state index is -0.626. The number of nitrogens with one attached hydrogen (secondary N) is 2. The van der Waals surface area contributed by atoms with Gasteiger partial charge in [0.15, 0.2) is 6.61 Å². The molecule has 1 aromatic carbocycles. The number of ether oxygens (including phenoxy) is 1. The molecule has 0 spiro atoms. The lowest BCUT2D eigenvalue weighted by Gasteiger charge is -2.11. The van der Waals surface area contributed by atoms with E-state index < -0.39 is 11.7 Å². The van der Waals surface area contributed by atoms with Crippen molar-refractivity contribution in [3.63, 3.8) is 0 Å². The van der Waals surface area contributed by atoms with Gasteiger partial charge in [0.05, 0.1) is 16.3 Å². The van der Waals surface area contributed by atoms with Crippen LogP contribution >= 0.6 is 11.6 Å². The largest absolute Gasteiger partial charge is 0.484 e. The first kappa shape index (κ1) is 21.4. The first-order chi connectivity index (χ1) is 13.3. The third-order valence-electron chi connectivity index (χ3n) is 3.76. The number of carbonyl (C=O) groups is 2. The Morgan fingerprint density at radius 2 is 2.00 bits per heavy atom. The van der Waals surface area contributed by atoms with Gasteiger partial charge in [-0.15, -0.1) is 0 Å². The zero-order valence-corrected chi connectivity index (χ0v) is 16.4. The van der Waals surface area contributed by atoms with Crippen molar-refractivity contribution in [2.45, 2.75) is 20.3 Å². The van der Waals surface area contributed by atoms with Crippen LogP contribution in [0.15, 0.2) is 42.6 Å². The molecule has 0 aliphatic carbocycles. The SMILES string of the molecule is C=C(CCNC(=O)c1ccc(C)nc1C)NC(=O)COc1ccc(Cl)c(F)c1. The van der Waals surface area contributed by atoms with Gasteiger partial charge in [-0.25, -0.2) is 4.39 Å². The Balaban J connectivity index is 1.72. The van der Waals surface area contributed by atoms with Crippen molar-refractivity contribution in [2.75, 3.05) is 13.2 Å². The van der Waals surface area contributed by atoms with Crippen molar-refractivity contribution in [3.8, 4) is 5.75 Å². The average molecular weight is 406 g/mol. The maximum atomic E-state index is 13.3. The van der Waals surface area contributed by atoms with E-state index in [-0.39, 0.29) is 23.3 Å². The van der Waals surface area contributed by atoms with Crippen molar-refractivity contribution in [1.82, 2.24) is 15.6 Å². The molecule has 8 heteroatoms. The van der Waals surface area contributed by atoms with E-state index in [9.17, 15) is 14.0 Å². The second kappa shape index (κ2) is 9.85. The van der Waals surface area contributed by atoms with E-state index >= 15 is 0 Å². The van der Waals surface area contributed by atoms with Crippen molar-refractivity contribution in [2.24, 2.45) is 0 Å². The van der Waals surface area contributed by atoms with Gasteiger partial charge >= 0.3 is 0 Å². The third-order valence-corrected chi connectivity index (χ3v) is 4.07. The van der Waals surface area contributed by atoms with Crippen molar-refractivity contribution < 1.29 is 18.7 Å². The molecule has 148 valence electrons. The lowest BCUT2D eigenvalue weighted by molar-refractivity contribution is -0.122. The van der Waals surface area contributed by atoms with Gasteiger partial charge in [0.1, 0.15) is 11.6 Å². The van der Waals surface area contributed by atoms with Crippen LogP contribution in [-0.4, -0.2) is 29.9 Å². The fraction of sp³-hybridized carbons (Fsp3) is 0.250. The second-order valence-corrected chi connectivity index (χ2v) is 6.52. The van der Waals surface area contributed by atoms with E-state index in [0.717, 1.165) is 11.8 Å². The van der Waals surface area contributed by atoms with Gasteiger partial charge in [0.25, 0.3) is 11.8 Å². The van der Waals surface area contributed by atoms with Gasteiger partial charge in [0.2, 0.25) is 0 Å². The van der Waals surface area contributed by atoms with E-state index in [1.165, 1.54) is 12.1 Å². The second-order valence-electron chi connectivity index (χ2n) is 6.11. The van der Waals surface area contributed by atoms with Gasteiger partial charge in [-0.2, -0.15) is 0 Å². The number of nitrogens with zero attached hydrogens (tertiary/aromatic N) is 1. The van der Waals surface area contributed by atoms with Crippen LogP contribution in [0.2, 0.25) is 5.02 Å². The van der Waals surface area contributed by atoms with Crippen LogP contribution < -0.4 is 15.4 Å². The van der Waals surface area contributed by atoms with E-state index in [2.05, 4.69) is 22.2 Å². The van der Waals surface area contributed by atoms with E-state index in [0.29, 0.717) is 29.9 Å². The fourth-order valence-corrected chi connectivity index (χ4v) is 2.48. The summed E-state index contributed by atoms with van der Waals surface area (Å²) in [5, 5.41) is 5.30. The minimum Gasteiger partial charge on any atom is -0.484 e. The molecule has 2 N–H and O–H groups in total. The zero-order chi connectivity index (χ0) is 20.7. The molecule has 2 aromatic rings. The Bertz CT molecular complexity index is 902. The van der Waals surface area contributed by atoms with Crippen LogP contribution in [-0.2, 0) is 4.79 Å². The summed E-state index contributed by atoms with van der Waals surface area (Å²) in [6.07, 6.45) is 0.353. The lowest BCUT2D eigenvalue weighted by atomic mass is 10.1. The molecular weight excluding hydrogens is 385 g/mol. The molecule has 0 saturated heterocycles. The maximum absolute atomic E-state index is 13.3. The Morgan fingerprint density at radius 1 is 1.25 bits per heavy atom. The summed E-state index contributed by atoms with van der Waals surface area (Å²) >= 11 is 5.58. The number of carbonyl (C=O) groups excluding carboxylic acids is 2. The lowest BCUT2D eigenvalue weighted by Crippen LogP contribution is -2.31. The Morgan fingerprint density at radius 3 is 2.68 bits per heavy atom. The topological polar surface area (TPSA) is 80.3 Å². The Labute approximate surface area is 167 Å².